The van der Waals surface area contributed by atoms with Gasteiger partial charge in [-0.3, -0.25) is 9.36 Å². The summed E-state index contributed by atoms with van der Waals surface area (Å²) in [6, 6.07) is 18.3. The van der Waals surface area contributed by atoms with Gasteiger partial charge in [0.1, 0.15) is 24.2 Å². The number of methoxy groups -OCH3 is 1. The number of hydrogen-bond acceptors (Lipinski definition) is 5. The van der Waals surface area contributed by atoms with Crippen molar-refractivity contribution < 1.29 is 9.53 Å². The molecule has 0 aliphatic carbocycles. The highest BCUT2D eigenvalue weighted by Crippen LogP contribution is 2.27. The molecule has 2 heterocycles. The molecule has 0 N–H and O–H groups in total. The second-order valence-electron chi connectivity index (χ2n) is 10.3. The number of carbonyl (C=O) groups excluding carboxylic acids is 1. The molecule has 39 heavy (non-hydrogen) atoms. The van der Waals surface area contributed by atoms with Crippen LogP contribution in [0, 0.1) is 20.8 Å². The van der Waals surface area contributed by atoms with Gasteiger partial charge in [0.05, 0.1) is 31.2 Å². The molecule has 0 spiro atoms. The second kappa shape index (κ2) is 10.7. The number of hydrogen-bond donors (Lipinski definition) is 0. The molecular formula is C31H34N6O2. The molecule has 1 amide bonds. The molecule has 0 unspecified atom stereocenters. The van der Waals surface area contributed by atoms with Crippen molar-refractivity contribution >= 4 is 16.9 Å². The molecule has 2 aromatic heterocycles. The Kier molecular flexibility index (Phi) is 7.19. The number of fused-ring (bicyclic) bond motifs is 1. The van der Waals surface area contributed by atoms with E-state index >= 15 is 0 Å². The van der Waals surface area contributed by atoms with E-state index in [1.165, 1.54) is 6.33 Å². The normalized spacial score (nSPS) is 11.4. The van der Waals surface area contributed by atoms with Gasteiger partial charge < -0.3 is 9.64 Å². The Morgan fingerprint density at radius 1 is 1.00 bits per heavy atom. The fourth-order valence-electron chi connectivity index (χ4n) is 5.20. The van der Waals surface area contributed by atoms with Gasteiger partial charge in [0, 0.05) is 17.3 Å². The molecule has 3 aromatic carbocycles. The van der Waals surface area contributed by atoms with Crippen LogP contribution in [-0.2, 0) is 13.1 Å². The number of nitrogens with zero attached hydrogens (tertiary/aromatic N) is 6. The maximum absolute atomic E-state index is 14.0. The van der Waals surface area contributed by atoms with Gasteiger partial charge in [0.2, 0.25) is 0 Å². The quantitative estimate of drug-likeness (QED) is 0.263. The predicted molar refractivity (Wildman–Crippen MR) is 152 cm³/mol. The maximum Gasteiger partial charge on any atom is 0.255 e. The maximum atomic E-state index is 14.0. The van der Waals surface area contributed by atoms with Crippen molar-refractivity contribution in [2.24, 2.45) is 0 Å². The fourth-order valence-corrected chi connectivity index (χ4v) is 5.20. The number of rotatable bonds is 8. The Morgan fingerprint density at radius 2 is 1.72 bits per heavy atom. The van der Waals surface area contributed by atoms with E-state index in [1.807, 2.05) is 56.9 Å². The van der Waals surface area contributed by atoms with E-state index in [-0.39, 0.29) is 11.9 Å². The van der Waals surface area contributed by atoms with Gasteiger partial charge in [0.15, 0.2) is 0 Å². The van der Waals surface area contributed by atoms with Crippen molar-refractivity contribution in [3.63, 3.8) is 0 Å². The van der Waals surface area contributed by atoms with E-state index in [4.69, 9.17) is 9.72 Å². The van der Waals surface area contributed by atoms with Gasteiger partial charge >= 0.3 is 0 Å². The van der Waals surface area contributed by atoms with Crippen LogP contribution in [0.3, 0.4) is 0 Å². The summed E-state index contributed by atoms with van der Waals surface area (Å²) in [7, 11) is 1.66. The summed E-state index contributed by atoms with van der Waals surface area (Å²) in [5.74, 6) is 1.59. The van der Waals surface area contributed by atoms with Gasteiger partial charge in [-0.15, -0.1) is 0 Å². The Labute approximate surface area is 228 Å². The monoisotopic (exact) mass is 522 g/mol. The standard InChI is InChI=1S/C31H34N6O2/c1-20(2)36(31(38)30-22(4)13-21(3)14-23(30)5)17-29-34-27-15-24(16-35-19-32-18-33-35)7-12-28(27)37(29)25-8-10-26(39-6)11-9-25/h7-15,18-20H,16-17H2,1-6H3. The van der Waals surface area contributed by atoms with Gasteiger partial charge in [-0.2, -0.15) is 5.10 Å². The van der Waals surface area contributed by atoms with Crippen molar-refractivity contribution in [2.75, 3.05) is 7.11 Å². The lowest BCUT2D eigenvalue weighted by Gasteiger charge is -2.28. The lowest BCUT2D eigenvalue weighted by molar-refractivity contribution is 0.0683. The largest absolute Gasteiger partial charge is 0.497 e. The summed E-state index contributed by atoms with van der Waals surface area (Å²) < 4.78 is 9.30. The first-order valence-corrected chi connectivity index (χ1v) is 13.1. The highest BCUT2D eigenvalue weighted by molar-refractivity contribution is 5.97. The first-order valence-electron chi connectivity index (χ1n) is 13.1. The lowest BCUT2D eigenvalue weighted by atomic mass is 9.98. The average molecular weight is 523 g/mol. The third kappa shape index (κ3) is 5.27. The molecule has 5 aromatic rings. The van der Waals surface area contributed by atoms with E-state index in [9.17, 15) is 4.79 Å². The van der Waals surface area contributed by atoms with Gasteiger partial charge in [-0.1, -0.05) is 23.8 Å². The van der Waals surface area contributed by atoms with Crippen molar-refractivity contribution in [3.8, 4) is 11.4 Å². The molecule has 0 atom stereocenters. The van der Waals surface area contributed by atoms with E-state index in [2.05, 4.69) is 51.9 Å². The van der Waals surface area contributed by atoms with Crippen molar-refractivity contribution in [1.82, 2.24) is 29.2 Å². The van der Waals surface area contributed by atoms with Crippen LogP contribution in [0.5, 0.6) is 5.75 Å². The topological polar surface area (TPSA) is 78.1 Å². The first-order chi connectivity index (χ1) is 18.7. The van der Waals surface area contributed by atoms with Crippen LogP contribution in [0.4, 0.5) is 0 Å². The number of aryl methyl sites for hydroxylation is 3. The smallest absolute Gasteiger partial charge is 0.255 e. The van der Waals surface area contributed by atoms with Gasteiger partial charge in [-0.25, -0.2) is 14.6 Å². The van der Waals surface area contributed by atoms with Gasteiger partial charge in [-0.05, 0) is 87.7 Å². The zero-order chi connectivity index (χ0) is 27.7. The SMILES string of the molecule is COc1ccc(-n2c(CN(C(=O)c3c(C)cc(C)cc3C)C(C)C)nc3cc(Cn4cncn4)ccc32)cc1. The zero-order valence-corrected chi connectivity index (χ0v) is 23.3. The Morgan fingerprint density at radius 3 is 2.33 bits per heavy atom. The number of benzene rings is 3. The first kappa shape index (κ1) is 26.2. The molecule has 0 saturated heterocycles. The molecule has 0 radical (unpaired) electrons. The third-order valence-electron chi connectivity index (χ3n) is 7.02. The number of amides is 1. The zero-order valence-electron chi connectivity index (χ0n) is 23.3. The molecule has 8 heteroatoms. The molecule has 0 saturated carbocycles. The molecule has 200 valence electrons. The Hall–Kier alpha value is -4.46. The number of ether oxygens (including phenoxy) is 1. The second-order valence-corrected chi connectivity index (χ2v) is 10.3. The Bertz CT molecular complexity index is 1590. The third-order valence-corrected chi connectivity index (χ3v) is 7.02. The minimum atomic E-state index is -0.0235. The summed E-state index contributed by atoms with van der Waals surface area (Å²) >= 11 is 0. The summed E-state index contributed by atoms with van der Waals surface area (Å²) in [5.41, 5.74) is 7.75. The molecule has 0 fully saturated rings. The highest BCUT2D eigenvalue weighted by atomic mass is 16.5. The molecular weight excluding hydrogens is 488 g/mol. The van der Waals surface area contributed by atoms with Gasteiger partial charge in [0.25, 0.3) is 5.91 Å². The van der Waals surface area contributed by atoms with Crippen LogP contribution < -0.4 is 4.74 Å². The minimum Gasteiger partial charge on any atom is -0.497 e. The van der Waals surface area contributed by atoms with Crippen LogP contribution in [0.25, 0.3) is 16.7 Å². The van der Waals surface area contributed by atoms with E-state index in [0.717, 1.165) is 56.1 Å². The molecule has 0 bridgehead atoms. The summed E-state index contributed by atoms with van der Waals surface area (Å²) in [4.78, 5) is 25.0. The van der Waals surface area contributed by atoms with Crippen LogP contribution >= 0.6 is 0 Å². The van der Waals surface area contributed by atoms with Crippen LogP contribution in [0.1, 0.15) is 52.3 Å². The summed E-state index contributed by atoms with van der Waals surface area (Å²) in [6.45, 7) is 11.1. The molecule has 5 rings (SSSR count). The highest BCUT2D eigenvalue weighted by Gasteiger charge is 2.25. The lowest BCUT2D eigenvalue weighted by Crippen LogP contribution is -2.38. The number of imidazole rings is 1. The molecule has 0 aliphatic heterocycles. The minimum absolute atomic E-state index is 0.0141. The van der Waals surface area contributed by atoms with Crippen molar-refractivity contribution in [1.29, 1.82) is 0 Å². The van der Waals surface area contributed by atoms with Crippen molar-refractivity contribution in [2.45, 2.75) is 53.8 Å². The van der Waals surface area contributed by atoms with E-state index < -0.39 is 0 Å². The Balaban J connectivity index is 1.60. The fraction of sp³-hybridized carbons (Fsp3) is 0.290. The molecule has 0 aliphatic rings. The number of carbonyl (C=O) groups is 1. The van der Waals surface area contributed by atoms with Crippen molar-refractivity contribution in [3.05, 3.63) is 101 Å². The van der Waals surface area contributed by atoms with Crippen LogP contribution in [0.2, 0.25) is 0 Å². The summed E-state index contributed by atoms with van der Waals surface area (Å²) in [6.07, 6.45) is 3.23. The van der Waals surface area contributed by atoms with Crippen LogP contribution in [-0.4, -0.2) is 48.3 Å². The number of aromatic nitrogens is 5. The van der Waals surface area contributed by atoms with E-state index in [1.54, 1.807) is 18.1 Å². The van der Waals surface area contributed by atoms with Crippen LogP contribution in [0.15, 0.2) is 67.3 Å². The molecule has 8 nitrogen and oxygen atoms in total. The average Bonchev–Trinajstić information content (AvgIpc) is 3.53. The predicted octanol–water partition coefficient (Wildman–Crippen LogP) is 5.65. The summed E-state index contributed by atoms with van der Waals surface area (Å²) in [5, 5.41) is 4.23. The van der Waals surface area contributed by atoms with E-state index in [0.29, 0.717) is 13.1 Å².